The maximum absolute atomic E-state index is 10.9. The molecule has 0 heterocycles. The van der Waals surface area contributed by atoms with Crippen LogP contribution in [0.5, 0.6) is 23.0 Å². The van der Waals surface area contributed by atoms with Gasteiger partial charge in [-0.3, -0.25) is 4.55 Å². The summed E-state index contributed by atoms with van der Waals surface area (Å²) in [6, 6.07) is 17.7. The number of aromatic hydroxyl groups is 2. The third-order valence-electron chi connectivity index (χ3n) is 3.94. The van der Waals surface area contributed by atoms with Gasteiger partial charge in [-0.1, -0.05) is 37.4 Å². The van der Waals surface area contributed by atoms with Crippen molar-refractivity contribution in [3.05, 3.63) is 116 Å². The van der Waals surface area contributed by atoms with Crippen LogP contribution < -0.4 is 9.47 Å². The fourth-order valence-electron chi connectivity index (χ4n) is 2.05. The van der Waals surface area contributed by atoms with Crippen LogP contribution >= 0.6 is 0 Å². The van der Waals surface area contributed by atoms with Crippen LogP contribution in [-0.4, -0.2) is 46.2 Å². The number of aliphatic carboxylic acids is 1. The first kappa shape index (κ1) is 34.8. The van der Waals surface area contributed by atoms with Crippen molar-refractivity contribution < 1.29 is 52.1 Å². The maximum atomic E-state index is 10.9. The van der Waals surface area contributed by atoms with Gasteiger partial charge in [-0.25, -0.2) is 14.4 Å². The van der Waals surface area contributed by atoms with Gasteiger partial charge in [0.25, 0.3) is 10.1 Å². The molecule has 0 aliphatic heterocycles. The Bertz CT molecular complexity index is 1310. The molecule has 0 bridgehead atoms. The predicted molar refractivity (Wildman–Crippen MR) is 147 cm³/mol. The molecular weight excluding hydrogens is 544 g/mol. The van der Waals surface area contributed by atoms with Crippen LogP contribution in [-0.2, 0) is 24.5 Å². The average molecular weight is 573 g/mol. The van der Waals surface area contributed by atoms with Gasteiger partial charge in [0, 0.05) is 18.2 Å². The van der Waals surface area contributed by atoms with Gasteiger partial charge in [-0.05, 0) is 67.6 Å². The topological polar surface area (TPSA) is 185 Å². The molecule has 3 aromatic carbocycles. The van der Waals surface area contributed by atoms with Crippen molar-refractivity contribution in [2.75, 3.05) is 0 Å². The van der Waals surface area contributed by atoms with E-state index in [1.54, 1.807) is 12.1 Å². The number of benzene rings is 3. The molecule has 0 atom stereocenters. The van der Waals surface area contributed by atoms with Gasteiger partial charge in [0.15, 0.2) is 0 Å². The summed E-state index contributed by atoms with van der Waals surface area (Å²) in [6.45, 7) is 11.3. The van der Waals surface area contributed by atoms with Gasteiger partial charge in [0.05, 0.1) is 4.90 Å². The molecular formula is C28H28O11S. The lowest BCUT2D eigenvalue weighted by Crippen LogP contribution is -2.04. The predicted octanol–water partition coefficient (Wildman–Crippen LogP) is 4.47. The van der Waals surface area contributed by atoms with Gasteiger partial charge >= 0.3 is 17.9 Å². The Labute approximate surface area is 231 Å². The summed E-state index contributed by atoms with van der Waals surface area (Å²) >= 11 is 0. The molecule has 4 N–H and O–H groups in total. The lowest BCUT2D eigenvalue weighted by atomic mass is 10.2. The molecule has 0 spiro atoms. The molecule has 0 saturated heterocycles. The molecule has 3 aromatic rings. The molecule has 0 aromatic heterocycles. The highest BCUT2D eigenvalue weighted by molar-refractivity contribution is 7.85. The number of phenols is 2. The van der Waals surface area contributed by atoms with Crippen LogP contribution in [0.2, 0.25) is 0 Å². The van der Waals surface area contributed by atoms with Crippen molar-refractivity contribution in [3.63, 3.8) is 0 Å². The summed E-state index contributed by atoms with van der Waals surface area (Å²) in [4.78, 5) is 30.9. The second kappa shape index (κ2) is 18.1. The Balaban J connectivity index is 0.000000550. The number of carboxylic acid groups (broad SMARTS) is 1. The SMILES string of the molecule is C=CC(=O)O.C=CC(=O)Oc1ccc(OC(=O)C=C)cc1.Cc1ccc(S(=O)(=O)O)cc1.Oc1ccc(O)cc1. The summed E-state index contributed by atoms with van der Waals surface area (Å²) in [6.07, 6.45) is 2.96. The molecule has 0 unspecified atom stereocenters. The van der Waals surface area contributed by atoms with E-state index >= 15 is 0 Å². The number of carbonyl (C=O) groups is 3. The normalized spacial score (nSPS) is 9.35. The second-order valence-electron chi connectivity index (χ2n) is 7.07. The van der Waals surface area contributed by atoms with Crippen molar-refractivity contribution in [2.45, 2.75) is 11.8 Å². The van der Waals surface area contributed by atoms with Crippen LogP contribution in [0.1, 0.15) is 5.56 Å². The molecule has 212 valence electrons. The average Bonchev–Trinajstić information content (AvgIpc) is 2.92. The lowest BCUT2D eigenvalue weighted by molar-refractivity contribution is -0.131. The highest BCUT2D eigenvalue weighted by Crippen LogP contribution is 2.18. The Morgan fingerprint density at radius 3 is 1.25 bits per heavy atom. The number of hydrogen-bond donors (Lipinski definition) is 4. The van der Waals surface area contributed by atoms with Crippen LogP contribution in [0.3, 0.4) is 0 Å². The Hall–Kier alpha value is -5.20. The Morgan fingerprint density at radius 1 is 0.675 bits per heavy atom. The van der Waals surface area contributed by atoms with Gasteiger partial charge in [0.2, 0.25) is 0 Å². The van der Waals surface area contributed by atoms with Crippen LogP contribution in [0.25, 0.3) is 0 Å². The van der Waals surface area contributed by atoms with E-state index in [-0.39, 0.29) is 16.4 Å². The van der Waals surface area contributed by atoms with Gasteiger partial charge in [-0.2, -0.15) is 8.42 Å². The van der Waals surface area contributed by atoms with E-state index in [0.717, 1.165) is 23.8 Å². The van der Waals surface area contributed by atoms with E-state index in [9.17, 15) is 22.8 Å². The van der Waals surface area contributed by atoms with E-state index in [4.69, 9.17) is 29.3 Å². The monoisotopic (exact) mass is 572 g/mol. The molecule has 0 fully saturated rings. The van der Waals surface area contributed by atoms with Gasteiger partial charge in [0.1, 0.15) is 23.0 Å². The molecule has 11 nitrogen and oxygen atoms in total. The summed E-state index contributed by atoms with van der Waals surface area (Å²) in [5, 5.41) is 24.9. The molecule has 0 aliphatic carbocycles. The largest absolute Gasteiger partial charge is 0.508 e. The van der Waals surface area contributed by atoms with Crippen molar-refractivity contribution in [1.29, 1.82) is 0 Å². The number of rotatable bonds is 6. The van der Waals surface area contributed by atoms with Crippen molar-refractivity contribution >= 4 is 28.0 Å². The first-order valence-corrected chi connectivity index (χ1v) is 12.3. The summed E-state index contributed by atoms with van der Waals surface area (Å²) < 4.78 is 39.2. The summed E-state index contributed by atoms with van der Waals surface area (Å²) in [5.41, 5.74) is 0.956. The van der Waals surface area contributed by atoms with Crippen LogP contribution in [0.15, 0.2) is 116 Å². The number of phenolic OH excluding ortho intramolecular Hbond substituents is 2. The fraction of sp³-hybridized carbons (Fsp3) is 0.0357. The minimum Gasteiger partial charge on any atom is -0.508 e. The minimum absolute atomic E-state index is 0.0666. The lowest BCUT2D eigenvalue weighted by Gasteiger charge is -2.03. The number of carboxylic acids is 1. The fourth-order valence-corrected chi connectivity index (χ4v) is 2.53. The van der Waals surface area contributed by atoms with Gasteiger partial charge < -0.3 is 24.8 Å². The highest BCUT2D eigenvalue weighted by atomic mass is 32.2. The summed E-state index contributed by atoms with van der Waals surface area (Å²) in [5.74, 6) is -1.03. The standard InChI is InChI=1S/C12H10O4.C7H8O3S.C6H6O2.C3H4O2/c1-3-11(13)15-9-5-7-10(8-6-9)16-12(14)4-2;1-6-2-4-7(5-3-6)11(8,9)10;7-5-1-2-6(8)4-3-5;1-2-3(4)5/h3-8H,1-2H2;2-5H,1H3,(H,8,9,10);1-4,7-8H;2H,1H2,(H,4,5). The first-order chi connectivity index (χ1) is 18.7. The number of esters is 2. The Morgan fingerprint density at radius 2 is 1.00 bits per heavy atom. The zero-order valence-electron chi connectivity index (χ0n) is 21.3. The third kappa shape index (κ3) is 16.5. The molecule has 0 radical (unpaired) electrons. The third-order valence-corrected chi connectivity index (χ3v) is 4.81. The van der Waals surface area contributed by atoms with E-state index < -0.39 is 28.0 Å². The smallest absolute Gasteiger partial charge is 0.335 e. The number of aryl methyl sites for hydroxylation is 1. The number of ether oxygens (including phenoxy) is 2. The van der Waals surface area contributed by atoms with E-state index in [0.29, 0.717) is 11.5 Å². The highest BCUT2D eigenvalue weighted by Gasteiger charge is 2.07. The van der Waals surface area contributed by atoms with E-state index in [1.165, 1.54) is 60.7 Å². The first-order valence-electron chi connectivity index (χ1n) is 10.9. The number of carbonyl (C=O) groups excluding carboxylic acids is 2. The van der Waals surface area contributed by atoms with Crippen LogP contribution in [0.4, 0.5) is 0 Å². The molecule has 40 heavy (non-hydrogen) atoms. The molecule has 12 heteroatoms. The van der Waals surface area contributed by atoms with E-state index in [2.05, 4.69) is 19.7 Å². The van der Waals surface area contributed by atoms with E-state index in [1.807, 2.05) is 6.92 Å². The zero-order valence-corrected chi connectivity index (χ0v) is 22.2. The number of hydrogen-bond acceptors (Lipinski definition) is 9. The summed E-state index contributed by atoms with van der Waals surface area (Å²) in [7, 11) is -4.02. The maximum Gasteiger partial charge on any atom is 0.335 e. The van der Waals surface area contributed by atoms with Crippen molar-refractivity contribution in [2.24, 2.45) is 0 Å². The van der Waals surface area contributed by atoms with Crippen molar-refractivity contribution in [1.82, 2.24) is 0 Å². The zero-order chi connectivity index (χ0) is 30.7. The quantitative estimate of drug-likeness (QED) is 0.107. The minimum atomic E-state index is -4.02. The molecule has 0 aliphatic rings. The van der Waals surface area contributed by atoms with Crippen molar-refractivity contribution in [3.8, 4) is 23.0 Å². The van der Waals surface area contributed by atoms with Gasteiger partial charge in [-0.15, -0.1) is 0 Å². The molecule has 3 rings (SSSR count). The second-order valence-corrected chi connectivity index (χ2v) is 8.49. The van der Waals surface area contributed by atoms with Crippen LogP contribution in [0, 0.1) is 6.92 Å². The molecule has 0 amide bonds. The Kier molecular flexibility index (Phi) is 15.8. The molecule has 0 saturated carbocycles.